The number of rotatable bonds is 2. The van der Waals surface area contributed by atoms with Gasteiger partial charge in [0.05, 0.1) is 0 Å². The molecule has 0 radical (unpaired) electrons. The zero-order valence-electron chi connectivity index (χ0n) is 8.73. The number of carbonyl (C=O) groups is 1. The second kappa shape index (κ2) is 4.45. The average Bonchev–Trinajstić information content (AvgIpc) is 2.78. The monoisotopic (exact) mass is 204 g/mol. The number of hydrogen-bond acceptors (Lipinski definition) is 2. The Morgan fingerprint density at radius 3 is 2.73 bits per heavy atom. The van der Waals surface area contributed by atoms with Crippen molar-refractivity contribution in [3.8, 4) is 0 Å². The van der Waals surface area contributed by atoms with E-state index in [-0.39, 0.29) is 5.91 Å². The number of nitrogens with two attached hydrogens (primary N) is 1. The van der Waals surface area contributed by atoms with E-state index < -0.39 is 0 Å². The predicted molar refractivity (Wildman–Crippen MR) is 59.5 cm³/mol. The first kappa shape index (κ1) is 10.2. The van der Waals surface area contributed by atoms with Crippen molar-refractivity contribution in [2.75, 3.05) is 19.6 Å². The molecule has 0 aromatic heterocycles. The van der Waals surface area contributed by atoms with E-state index in [0.29, 0.717) is 12.5 Å². The minimum Gasteiger partial charge on any atom is -0.338 e. The molecule has 0 spiro atoms. The van der Waals surface area contributed by atoms with Crippen molar-refractivity contribution in [2.45, 2.75) is 6.42 Å². The highest BCUT2D eigenvalue weighted by Gasteiger charge is 2.25. The van der Waals surface area contributed by atoms with Crippen molar-refractivity contribution in [3.05, 3.63) is 35.9 Å². The maximum absolute atomic E-state index is 12.0. The lowest BCUT2D eigenvalue weighted by molar-refractivity contribution is 0.0787. The molecule has 1 heterocycles. The third-order valence-electron chi connectivity index (χ3n) is 2.93. The number of amides is 1. The second-order valence-corrected chi connectivity index (χ2v) is 4.01. The Morgan fingerprint density at radius 1 is 1.40 bits per heavy atom. The molecule has 1 fully saturated rings. The minimum absolute atomic E-state index is 0.131. The lowest BCUT2D eigenvalue weighted by Crippen LogP contribution is -2.29. The molecule has 1 saturated heterocycles. The van der Waals surface area contributed by atoms with E-state index in [2.05, 4.69) is 0 Å². The highest BCUT2D eigenvalue weighted by Crippen LogP contribution is 2.17. The highest BCUT2D eigenvalue weighted by molar-refractivity contribution is 5.94. The molecule has 0 aliphatic carbocycles. The highest BCUT2D eigenvalue weighted by atomic mass is 16.2. The SMILES string of the molecule is NCC1CCN(C(=O)c2ccccc2)C1. The van der Waals surface area contributed by atoms with Gasteiger partial charge in [0, 0.05) is 18.7 Å². The number of nitrogens with zero attached hydrogens (tertiary/aromatic N) is 1. The maximum atomic E-state index is 12.0. The Morgan fingerprint density at radius 2 is 2.13 bits per heavy atom. The Bertz CT molecular complexity index is 337. The van der Waals surface area contributed by atoms with Gasteiger partial charge in [-0.2, -0.15) is 0 Å². The van der Waals surface area contributed by atoms with Gasteiger partial charge in [-0.25, -0.2) is 0 Å². The second-order valence-electron chi connectivity index (χ2n) is 4.01. The molecule has 1 unspecified atom stereocenters. The lowest BCUT2D eigenvalue weighted by Gasteiger charge is -2.16. The fraction of sp³-hybridized carbons (Fsp3) is 0.417. The molecule has 80 valence electrons. The summed E-state index contributed by atoms with van der Waals surface area (Å²) >= 11 is 0. The third kappa shape index (κ3) is 2.18. The van der Waals surface area contributed by atoms with Gasteiger partial charge in [0.25, 0.3) is 5.91 Å². The van der Waals surface area contributed by atoms with Crippen molar-refractivity contribution in [1.82, 2.24) is 4.90 Å². The Kier molecular flexibility index (Phi) is 3.02. The molecule has 1 amide bonds. The molecule has 1 atom stereocenters. The van der Waals surface area contributed by atoms with Crippen LogP contribution in [-0.4, -0.2) is 30.4 Å². The van der Waals surface area contributed by atoms with Crippen LogP contribution in [0.2, 0.25) is 0 Å². The molecule has 0 bridgehead atoms. The summed E-state index contributed by atoms with van der Waals surface area (Å²) in [6.45, 7) is 2.33. The zero-order valence-corrected chi connectivity index (χ0v) is 8.73. The van der Waals surface area contributed by atoms with E-state index >= 15 is 0 Å². The average molecular weight is 204 g/mol. The van der Waals surface area contributed by atoms with Gasteiger partial charge in [-0.1, -0.05) is 18.2 Å². The van der Waals surface area contributed by atoms with Crippen LogP contribution in [0.15, 0.2) is 30.3 Å². The zero-order chi connectivity index (χ0) is 10.7. The van der Waals surface area contributed by atoms with Crippen LogP contribution in [0.5, 0.6) is 0 Å². The summed E-state index contributed by atoms with van der Waals surface area (Å²) in [7, 11) is 0. The first-order chi connectivity index (χ1) is 7.31. The van der Waals surface area contributed by atoms with E-state index in [1.807, 2.05) is 35.2 Å². The molecule has 1 aromatic carbocycles. The summed E-state index contributed by atoms with van der Waals surface area (Å²) in [6, 6.07) is 9.42. The predicted octanol–water partition coefficient (Wildman–Crippen LogP) is 1.11. The Balaban J connectivity index is 2.04. The summed E-state index contributed by atoms with van der Waals surface area (Å²) in [6.07, 6.45) is 1.04. The molecule has 2 rings (SSSR count). The van der Waals surface area contributed by atoms with Gasteiger partial charge in [-0.05, 0) is 31.0 Å². The van der Waals surface area contributed by atoms with Crippen LogP contribution in [-0.2, 0) is 0 Å². The van der Waals surface area contributed by atoms with Crippen LogP contribution in [0.3, 0.4) is 0 Å². The van der Waals surface area contributed by atoms with Crippen LogP contribution in [0, 0.1) is 5.92 Å². The van der Waals surface area contributed by atoms with E-state index in [1.54, 1.807) is 0 Å². The van der Waals surface area contributed by atoms with Crippen molar-refractivity contribution in [1.29, 1.82) is 0 Å². The normalized spacial score (nSPS) is 20.6. The van der Waals surface area contributed by atoms with Crippen molar-refractivity contribution in [3.63, 3.8) is 0 Å². The molecule has 3 nitrogen and oxygen atoms in total. The molecular weight excluding hydrogens is 188 g/mol. The number of hydrogen-bond donors (Lipinski definition) is 1. The van der Waals surface area contributed by atoms with E-state index in [4.69, 9.17) is 5.73 Å². The number of likely N-dealkylation sites (tertiary alicyclic amines) is 1. The van der Waals surface area contributed by atoms with Gasteiger partial charge in [-0.15, -0.1) is 0 Å². The van der Waals surface area contributed by atoms with Gasteiger partial charge in [0.2, 0.25) is 0 Å². The quantitative estimate of drug-likeness (QED) is 0.784. The van der Waals surface area contributed by atoms with Crippen LogP contribution >= 0.6 is 0 Å². The molecule has 15 heavy (non-hydrogen) atoms. The maximum Gasteiger partial charge on any atom is 0.253 e. The summed E-state index contributed by atoms with van der Waals surface area (Å²) < 4.78 is 0. The first-order valence-electron chi connectivity index (χ1n) is 5.35. The van der Waals surface area contributed by atoms with Crippen molar-refractivity contribution in [2.24, 2.45) is 11.7 Å². The third-order valence-corrected chi connectivity index (χ3v) is 2.93. The minimum atomic E-state index is 0.131. The smallest absolute Gasteiger partial charge is 0.253 e. The van der Waals surface area contributed by atoms with Gasteiger partial charge in [0.15, 0.2) is 0 Å². The number of benzene rings is 1. The topological polar surface area (TPSA) is 46.3 Å². The summed E-state index contributed by atoms with van der Waals surface area (Å²) in [5.41, 5.74) is 6.37. The molecule has 1 aliphatic heterocycles. The van der Waals surface area contributed by atoms with Gasteiger partial charge >= 0.3 is 0 Å². The van der Waals surface area contributed by atoms with Gasteiger partial charge in [-0.3, -0.25) is 4.79 Å². The van der Waals surface area contributed by atoms with Gasteiger partial charge in [0.1, 0.15) is 0 Å². The van der Waals surface area contributed by atoms with Crippen LogP contribution in [0.4, 0.5) is 0 Å². The number of carbonyl (C=O) groups excluding carboxylic acids is 1. The molecule has 0 saturated carbocycles. The fourth-order valence-corrected chi connectivity index (χ4v) is 1.97. The molecule has 3 heteroatoms. The summed E-state index contributed by atoms with van der Waals surface area (Å²) in [5.74, 6) is 0.615. The van der Waals surface area contributed by atoms with E-state index in [1.165, 1.54) is 0 Å². The first-order valence-corrected chi connectivity index (χ1v) is 5.35. The van der Waals surface area contributed by atoms with Crippen LogP contribution in [0.1, 0.15) is 16.8 Å². The van der Waals surface area contributed by atoms with Crippen LogP contribution in [0.25, 0.3) is 0 Å². The molecule has 1 aromatic rings. The molecular formula is C12H16N2O. The van der Waals surface area contributed by atoms with Crippen molar-refractivity contribution < 1.29 is 4.79 Å². The van der Waals surface area contributed by atoms with E-state index in [9.17, 15) is 4.79 Å². The standard InChI is InChI=1S/C12H16N2O/c13-8-10-6-7-14(9-10)12(15)11-4-2-1-3-5-11/h1-5,10H,6-9,13H2. The van der Waals surface area contributed by atoms with Gasteiger partial charge < -0.3 is 10.6 Å². The molecule has 2 N–H and O–H groups in total. The lowest BCUT2D eigenvalue weighted by atomic mass is 10.1. The summed E-state index contributed by atoms with van der Waals surface area (Å²) in [4.78, 5) is 13.9. The van der Waals surface area contributed by atoms with Crippen LogP contribution < -0.4 is 5.73 Å². The Hall–Kier alpha value is -1.35. The Labute approximate surface area is 89.9 Å². The largest absolute Gasteiger partial charge is 0.338 e. The fourth-order valence-electron chi connectivity index (χ4n) is 1.97. The summed E-state index contributed by atoms with van der Waals surface area (Å²) in [5, 5.41) is 0. The van der Waals surface area contributed by atoms with E-state index in [0.717, 1.165) is 25.1 Å². The molecule has 1 aliphatic rings. The van der Waals surface area contributed by atoms with Crippen molar-refractivity contribution >= 4 is 5.91 Å².